The van der Waals surface area contributed by atoms with Gasteiger partial charge in [-0.2, -0.15) is 0 Å². The van der Waals surface area contributed by atoms with Gasteiger partial charge in [-0.1, -0.05) is 19.1 Å². The molecule has 1 aromatic rings. The molecule has 0 aliphatic carbocycles. The van der Waals surface area contributed by atoms with Crippen LogP contribution in [-0.4, -0.2) is 42.3 Å². The van der Waals surface area contributed by atoms with Gasteiger partial charge in [0.25, 0.3) is 0 Å². The van der Waals surface area contributed by atoms with E-state index in [0.717, 1.165) is 19.5 Å². The second-order valence-corrected chi connectivity index (χ2v) is 5.81. The minimum Gasteiger partial charge on any atom is -0.327 e. The number of amides is 1. The Balaban J connectivity index is 0.00000242. The number of benzene rings is 1. The first kappa shape index (κ1) is 18.6. The molecule has 0 spiro atoms. The molecule has 0 radical (unpaired) electrons. The van der Waals surface area contributed by atoms with Crippen LogP contribution in [0.4, 0.5) is 5.69 Å². The van der Waals surface area contributed by atoms with E-state index in [1.165, 1.54) is 6.92 Å². The minimum atomic E-state index is -0.0913. The second-order valence-electron chi connectivity index (χ2n) is 5.81. The van der Waals surface area contributed by atoms with Crippen molar-refractivity contribution in [1.82, 2.24) is 4.90 Å². The number of nitrogens with two attached hydrogens (primary N) is 1. The van der Waals surface area contributed by atoms with Crippen molar-refractivity contribution in [2.45, 2.75) is 26.3 Å². The average molecular weight is 326 g/mol. The van der Waals surface area contributed by atoms with Gasteiger partial charge in [0.1, 0.15) is 0 Å². The smallest absolute Gasteiger partial charge is 0.238 e. The monoisotopic (exact) mass is 325 g/mol. The van der Waals surface area contributed by atoms with Crippen LogP contribution in [0, 0.1) is 5.92 Å². The van der Waals surface area contributed by atoms with Crippen LogP contribution in [0.1, 0.15) is 30.6 Å². The molecule has 1 aliphatic rings. The molecule has 0 bridgehead atoms. The van der Waals surface area contributed by atoms with Gasteiger partial charge in [-0.3, -0.25) is 14.5 Å². The Kier molecular flexibility index (Phi) is 7.00. The van der Waals surface area contributed by atoms with Gasteiger partial charge < -0.3 is 11.1 Å². The first-order chi connectivity index (χ1) is 9.97. The van der Waals surface area contributed by atoms with Crippen LogP contribution in [-0.2, 0) is 4.79 Å². The molecule has 1 aliphatic heterocycles. The number of rotatable bonds is 4. The summed E-state index contributed by atoms with van der Waals surface area (Å²) in [5, 5.41) is 2.83. The Morgan fingerprint density at radius 3 is 2.68 bits per heavy atom. The Morgan fingerprint density at radius 2 is 2.05 bits per heavy atom. The molecule has 122 valence electrons. The lowest BCUT2D eigenvalue weighted by Crippen LogP contribution is -2.48. The highest BCUT2D eigenvalue weighted by Crippen LogP contribution is 2.17. The van der Waals surface area contributed by atoms with Gasteiger partial charge in [0.05, 0.1) is 12.2 Å². The Hall–Kier alpha value is -1.43. The zero-order valence-corrected chi connectivity index (χ0v) is 13.9. The minimum absolute atomic E-state index is 0. The van der Waals surface area contributed by atoms with Gasteiger partial charge >= 0.3 is 0 Å². The lowest BCUT2D eigenvalue weighted by atomic mass is 9.95. The number of ketones is 1. The molecule has 1 fully saturated rings. The number of carbonyl (C=O) groups is 2. The van der Waals surface area contributed by atoms with Gasteiger partial charge in [-0.05, 0) is 31.4 Å². The molecule has 2 atom stereocenters. The number of likely N-dealkylation sites (tertiary alicyclic amines) is 1. The van der Waals surface area contributed by atoms with E-state index in [1.807, 2.05) is 6.07 Å². The quantitative estimate of drug-likeness (QED) is 0.829. The highest BCUT2D eigenvalue weighted by Gasteiger charge is 2.24. The third-order valence-corrected chi connectivity index (χ3v) is 4.00. The largest absolute Gasteiger partial charge is 0.327 e. The molecule has 1 aromatic carbocycles. The van der Waals surface area contributed by atoms with Crippen molar-refractivity contribution in [3.63, 3.8) is 0 Å². The van der Waals surface area contributed by atoms with E-state index in [4.69, 9.17) is 5.73 Å². The van der Waals surface area contributed by atoms with Crippen molar-refractivity contribution in [2.75, 3.05) is 25.0 Å². The molecule has 6 heteroatoms. The van der Waals surface area contributed by atoms with Crippen molar-refractivity contribution in [1.29, 1.82) is 0 Å². The SMILES string of the molecule is CC(=O)c1ccccc1NC(=O)CN1CCC(N)C(C)C1.Cl. The van der Waals surface area contributed by atoms with E-state index in [1.54, 1.807) is 18.2 Å². The molecule has 5 nitrogen and oxygen atoms in total. The predicted octanol–water partition coefficient (Wildman–Crippen LogP) is 1.92. The fourth-order valence-corrected chi connectivity index (χ4v) is 2.69. The van der Waals surface area contributed by atoms with Crippen LogP contribution in [0.5, 0.6) is 0 Å². The first-order valence-electron chi connectivity index (χ1n) is 7.35. The van der Waals surface area contributed by atoms with E-state index in [-0.39, 0.29) is 30.1 Å². The molecule has 2 unspecified atom stereocenters. The molecule has 2 rings (SSSR count). The van der Waals surface area contributed by atoms with Gasteiger partial charge in [0.15, 0.2) is 5.78 Å². The number of hydrogen-bond donors (Lipinski definition) is 2. The van der Waals surface area contributed by atoms with E-state index in [2.05, 4.69) is 17.1 Å². The molecule has 1 heterocycles. The molecule has 0 saturated carbocycles. The summed E-state index contributed by atoms with van der Waals surface area (Å²) in [6.45, 7) is 5.62. The van der Waals surface area contributed by atoms with E-state index >= 15 is 0 Å². The van der Waals surface area contributed by atoms with Crippen LogP contribution in [0.25, 0.3) is 0 Å². The lowest BCUT2D eigenvalue weighted by molar-refractivity contribution is -0.117. The number of Topliss-reactive ketones (excluding diaryl/α,β-unsaturated/α-hetero) is 1. The summed E-state index contributed by atoms with van der Waals surface area (Å²) in [5.41, 5.74) is 7.11. The zero-order chi connectivity index (χ0) is 15.4. The van der Waals surface area contributed by atoms with Crippen molar-refractivity contribution in [3.05, 3.63) is 29.8 Å². The summed E-state index contributed by atoms with van der Waals surface area (Å²) in [7, 11) is 0. The van der Waals surface area contributed by atoms with Crippen molar-refractivity contribution >= 4 is 29.8 Å². The Labute approximate surface area is 137 Å². The summed E-state index contributed by atoms with van der Waals surface area (Å²) < 4.78 is 0. The predicted molar refractivity (Wildman–Crippen MR) is 90.5 cm³/mol. The molecule has 1 saturated heterocycles. The first-order valence-corrected chi connectivity index (χ1v) is 7.35. The number of nitrogens with one attached hydrogen (secondary N) is 1. The van der Waals surface area contributed by atoms with Gasteiger partial charge in [0, 0.05) is 24.7 Å². The summed E-state index contributed by atoms with van der Waals surface area (Å²) >= 11 is 0. The maximum atomic E-state index is 12.1. The van der Waals surface area contributed by atoms with E-state index in [9.17, 15) is 9.59 Å². The maximum absolute atomic E-state index is 12.1. The van der Waals surface area contributed by atoms with Gasteiger partial charge in [-0.25, -0.2) is 0 Å². The highest BCUT2D eigenvalue weighted by molar-refractivity contribution is 6.04. The molecule has 22 heavy (non-hydrogen) atoms. The van der Waals surface area contributed by atoms with Crippen LogP contribution in [0.2, 0.25) is 0 Å². The fourth-order valence-electron chi connectivity index (χ4n) is 2.69. The third kappa shape index (κ3) is 4.80. The zero-order valence-electron chi connectivity index (χ0n) is 13.0. The molecular weight excluding hydrogens is 302 g/mol. The Bertz CT molecular complexity index is 536. The van der Waals surface area contributed by atoms with Crippen LogP contribution in [0.15, 0.2) is 24.3 Å². The number of para-hydroxylation sites is 1. The maximum Gasteiger partial charge on any atom is 0.238 e. The third-order valence-electron chi connectivity index (χ3n) is 4.00. The normalized spacial score (nSPS) is 21.8. The lowest BCUT2D eigenvalue weighted by Gasteiger charge is -2.34. The summed E-state index contributed by atoms with van der Waals surface area (Å²) in [6, 6.07) is 7.30. The second kappa shape index (κ2) is 8.27. The van der Waals surface area contributed by atoms with Crippen molar-refractivity contribution in [2.24, 2.45) is 11.7 Å². The summed E-state index contributed by atoms with van der Waals surface area (Å²) in [5.74, 6) is 0.255. The van der Waals surface area contributed by atoms with Crippen LogP contribution >= 0.6 is 12.4 Å². The van der Waals surface area contributed by atoms with Crippen molar-refractivity contribution in [3.8, 4) is 0 Å². The van der Waals surface area contributed by atoms with Crippen LogP contribution < -0.4 is 11.1 Å². The molecule has 3 N–H and O–H groups in total. The van der Waals surface area contributed by atoms with E-state index < -0.39 is 0 Å². The number of anilines is 1. The topological polar surface area (TPSA) is 75.4 Å². The number of carbonyl (C=O) groups excluding carboxylic acids is 2. The summed E-state index contributed by atoms with van der Waals surface area (Å²) in [4.78, 5) is 25.8. The van der Waals surface area contributed by atoms with Crippen LogP contribution in [0.3, 0.4) is 0 Å². The number of piperidine rings is 1. The average Bonchev–Trinajstić information content (AvgIpc) is 2.43. The number of hydrogen-bond acceptors (Lipinski definition) is 4. The van der Waals surface area contributed by atoms with Gasteiger partial charge in [0.2, 0.25) is 5.91 Å². The molecular formula is C16H24ClN3O2. The molecule has 0 aromatic heterocycles. The Morgan fingerprint density at radius 1 is 1.36 bits per heavy atom. The number of halogens is 1. The highest BCUT2D eigenvalue weighted by atomic mass is 35.5. The molecule has 1 amide bonds. The van der Waals surface area contributed by atoms with Crippen molar-refractivity contribution < 1.29 is 9.59 Å². The standard InChI is InChI=1S/C16H23N3O2.ClH/c1-11-9-19(8-7-14(11)17)10-16(21)18-15-6-4-3-5-13(15)12(2)20;/h3-6,11,14H,7-10,17H2,1-2H3,(H,18,21);1H. The number of nitrogens with zero attached hydrogens (tertiary/aromatic N) is 1. The van der Waals surface area contributed by atoms with Gasteiger partial charge in [-0.15, -0.1) is 12.4 Å². The summed E-state index contributed by atoms with van der Waals surface area (Å²) in [6.07, 6.45) is 0.915. The fraction of sp³-hybridized carbons (Fsp3) is 0.500. The van der Waals surface area contributed by atoms with E-state index in [0.29, 0.717) is 23.7 Å².